The minimum Gasteiger partial charge on any atom is -0.446 e. The number of nitrogens with two attached hydrogens (primary N) is 1. The van der Waals surface area contributed by atoms with E-state index in [1.807, 2.05) is 24.3 Å². The largest absolute Gasteiger partial charge is 0.446 e. The van der Waals surface area contributed by atoms with Gasteiger partial charge in [0, 0.05) is 42.2 Å². The minimum atomic E-state index is -0.296. The maximum Gasteiger partial charge on any atom is 0.226 e. The van der Waals surface area contributed by atoms with E-state index in [2.05, 4.69) is 20.1 Å². The SMILES string of the molecule is NC[C@]1(c2ccccc2F)[C@@H]2CCN(c3cnc4c(-c5ccnc6occc56)n[nH]c4n3)C[C@@H]21. The van der Waals surface area contributed by atoms with Crippen LogP contribution in [0.5, 0.6) is 0 Å². The lowest BCUT2D eigenvalue weighted by atomic mass is 9.91. The van der Waals surface area contributed by atoms with Gasteiger partial charge in [-0.15, -0.1) is 0 Å². The van der Waals surface area contributed by atoms with Crippen LogP contribution in [0.2, 0.25) is 0 Å². The van der Waals surface area contributed by atoms with Gasteiger partial charge in [0.1, 0.15) is 22.8 Å². The molecule has 1 aliphatic carbocycles. The summed E-state index contributed by atoms with van der Waals surface area (Å²) in [6, 6.07) is 10.8. The molecule has 3 N–H and O–H groups in total. The quantitative estimate of drug-likeness (QED) is 0.426. The number of piperidine rings is 1. The summed E-state index contributed by atoms with van der Waals surface area (Å²) in [5, 5.41) is 8.41. The monoisotopic (exact) mass is 455 g/mol. The fourth-order valence-corrected chi connectivity index (χ4v) is 6.05. The number of H-pyrrole nitrogens is 1. The molecule has 9 heteroatoms. The van der Waals surface area contributed by atoms with Crippen LogP contribution in [-0.2, 0) is 5.41 Å². The highest BCUT2D eigenvalue weighted by Gasteiger charge is 2.66. The summed E-state index contributed by atoms with van der Waals surface area (Å²) in [7, 11) is 0. The van der Waals surface area contributed by atoms with Crippen LogP contribution in [0, 0.1) is 17.7 Å². The summed E-state index contributed by atoms with van der Waals surface area (Å²) >= 11 is 0. The molecule has 2 aliphatic rings. The van der Waals surface area contributed by atoms with Gasteiger partial charge in [-0.25, -0.2) is 19.3 Å². The van der Waals surface area contributed by atoms with Crippen LogP contribution in [0.25, 0.3) is 33.5 Å². The first-order valence-electron chi connectivity index (χ1n) is 11.4. The van der Waals surface area contributed by atoms with Gasteiger partial charge in [0.2, 0.25) is 5.71 Å². The van der Waals surface area contributed by atoms with Crippen LogP contribution >= 0.6 is 0 Å². The standard InChI is InChI=1S/C25H22FN7O/c26-19-4-2-1-3-17(19)25(13-27)16-6-9-33(12-18(16)25)20-11-29-22-21(31-32-23(22)30-20)14-5-8-28-24-15(14)7-10-34-24/h1-5,7-8,10-11,16,18H,6,9,12-13,27H2,(H,30,31,32)/t16-,18+,25-/m1/s1. The predicted octanol–water partition coefficient (Wildman–Crippen LogP) is 3.65. The summed E-state index contributed by atoms with van der Waals surface area (Å²) in [5.41, 5.74) is 10.2. The van der Waals surface area contributed by atoms with Gasteiger partial charge in [-0.1, -0.05) is 18.2 Å². The molecule has 8 nitrogen and oxygen atoms in total. The van der Waals surface area contributed by atoms with E-state index in [0.717, 1.165) is 41.8 Å². The van der Waals surface area contributed by atoms with Gasteiger partial charge in [-0.05, 0) is 42.0 Å². The van der Waals surface area contributed by atoms with Gasteiger partial charge in [-0.3, -0.25) is 5.10 Å². The first-order chi connectivity index (χ1) is 16.7. The second-order valence-corrected chi connectivity index (χ2v) is 9.17. The molecule has 0 amide bonds. The Balaban J connectivity index is 1.20. The predicted molar refractivity (Wildman–Crippen MR) is 126 cm³/mol. The Bertz CT molecular complexity index is 1540. The van der Waals surface area contributed by atoms with Gasteiger partial charge in [0.05, 0.1) is 12.5 Å². The summed E-state index contributed by atoms with van der Waals surface area (Å²) < 4.78 is 20.1. The van der Waals surface area contributed by atoms with Crippen molar-refractivity contribution in [1.29, 1.82) is 0 Å². The molecule has 0 unspecified atom stereocenters. The highest BCUT2D eigenvalue weighted by atomic mass is 19.1. The molecule has 5 aromatic rings. The first-order valence-corrected chi connectivity index (χ1v) is 11.4. The number of furan rings is 1. The number of pyridine rings is 1. The van der Waals surface area contributed by atoms with Crippen molar-refractivity contribution in [1.82, 2.24) is 25.1 Å². The number of nitrogens with zero attached hydrogens (tertiary/aromatic N) is 5. The molecule has 0 radical (unpaired) electrons. The van der Waals surface area contributed by atoms with Crippen molar-refractivity contribution < 1.29 is 8.81 Å². The van der Waals surface area contributed by atoms with Crippen molar-refractivity contribution in [3.63, 3.8) is 0 Å². The molecule has 1 saturated carbocycles. The molecule has 3 atom stereocenters. The summed E-state index contributed by atoms with van der Waals surface area (Å²) in [6.45, 7) is 2.05. The molecular formula is C25H22FN7O. The minimum absolute atomic E-state index is 0.164. The average molecular weight is 455 g/mol. The second kappa shape index (κ2) is 7.07. The molecule has 1 aromatic carbocycles. The number of aromatic amines is 1. The van der Waals surface area contributed by atoms with Gasteiger partial charge >= 0.3 is 0 Å². The third-order valence-corrected chi connectivity index (χ3v) is 7.74. The summed E-state index contributed by atoms with van der Waals surface area (Å²) in [5.74, 6) is 1.31. The number of benzene rings is 1. The van der Waals surface area contributed by atoms with Crippen molar-refractivity contribution in [3.8, 4) is 11.3 Å². The third kappa shape index (κ3) is 2.61. The lowest BCUT2D eigenvalue weighted by Crippen LogP contribution is -2.32. The maximum atomic E-state index is 14.7. The average Bonchev–Trinajstić information content (AvgIpc) is 3.18. The van der Waals surface area contributed by atoms with E-state index in [-0.39, 0.29) is 11.2 Å². The van der Waals surface area contributed by atoms with E-state index in [9.17, 15) is 4.39 Å². The molecule has 170 valence electrons. The molecule has 7 rings (SSSR count). The van der Waals surface area contributed by atoms with Gasteiger partial charge < -0.3 is 15.1 Å². The van der Waals surface area contributed by atoms with E-state index >= 15 is 0 Å². The van der Waals surface area contributed by atoms with Crippen molar-refractivity contribution in [2.45, 2.75) is 11.8 Å². The van der Waals surface area contributed by atoms with E-state index in [1.54, 1.807) is 24.7 Å². The molecule has 2 fully saturated rings. The fourth-order valence-electron chi connectivity index (χ4n) is 6.05. The van der Waals surface area contributed by atoms with Crippen LogP contribution in [-0.4, -0.2) is 44.8 Å². The third-order valence-electron chi connectivity index (χ3n) is 7.74. The van der Waals surface area contributed by atoms with E-state index < -0.39 is 0 Å². The Hall–Kier alpha value is -3.85. The number of fused-ring (bicyclic) bond motifs is 3. The Morgan fingerprint density at radius 3 is 2.97 bits per heavy atom. The zero-order chi connectivity index (χ0) is 22.9. The number of hydrogen-bond acceptors (Lipinski definition) is 7. The number of anilines is 1. The van der Waals surface area contributed by atoms with Crippen LogP contribution in [0.4, 0.5) is 10.2 Å². The molecule has 34 heavy (non-hydrogen) atoms. The fraction of sp³-hybridized carbons (Fsp3) is 0.280. The topological polar surface area (TPSA) is 110 Å². The number of aromatic nitrogens is 5. The van der Waals surface area contributed by atoms with Crippen molar-refractivity contribution >= 4 is 28.1 Å². The Kier molecular flexibility index (Phi) is 4.08. The number of halogens is 1. The zero-order valence-corrected chi connectivity index (χ0v) is 18.3. The van der Waals surface area contributed by atoms with Crippen molar-refractivity contribution in [2.24, 2.45) is 17.6 Å². The Morgan fingerprint density at radius 2 is 2.09 bits per heavy atom. The van der Waals surface area contributed by atoms with E-state index in [0.29, 0.717) is 41.0 Å². The van der Waals surface area contributed by atoms with Crippen LogP contribution < -0.4 is 10.6 Å². The van der Waals surface area contributed by atoms with Crippen molar-refractivity contribution in [3.05, 3.63) is 66.4 Å². The number of rotatable bonds is 4. The van der Waals surface area contributed by atoms with Crippen LogP contribution in [0.3, 0.4) is 0 Å². The van der Waals surface area contributed by atoms with Crippen LogP contribution in [0.1, 0.15) is 12.0 Å². The molecular weight excluding hydrogens is 433 g/mol. The van der Waals surface area contributed by atoms with Crippen molar-refractivity contribution in [2.75, 3.05) is 24.5 Å². The summed E-state index contributed by atoms with van der Waals surface area (Å²) in [4.78, 5) is 16.0. The molecule has 0 spiro atoms. The highest BCUT2D eigenvalue weighted by Crippen LogP contribution is 2.63. The normalized spacial score (nSPS) is 24.0. The number of hydrogen-bond donors (Lipinski definition) is 2. The van der Waals surface area contributed by atoms with Gasteiger partial charge in [0.15, 0.2) is 5.65 Å². The first kappa shape index (κ1) is 19.6. The van der Waals surface area contributed by atoms with Gasteiger partial charge in [0.25, 0.3) is 0 Å². The molecule has 4 aromatic heterocycles. The lowest BCUT2D eigenvalue weighted by Gasteiger charge is -2.26. The highest BCUT2D eigenvalue weighted by molar-refractivity contribution is 5.98. The number of nitrogens with one attached hydrogen (secondary N) is 1. The molecule has 5 heterocycles. The summed E-state index contributed by atoms with van der Waals surface area (Å²) in [6.07, 6.45) is 6.05. The lowest BCUT2D eigenvalue weighted by molar-refractivity contribution is 0.533. The van der Waals surface area contributed by atoms with Gasteiger partial charge in [-0.2, -0.15) is 5.10 Å². The molecule has 1 saturated heterocycles. The Labute approximate surface area is 194 Å². The van der Waals surface area contributed by atoms with Crippen LogP contribution in [0.15, 0.2) is 59.5 Å². The molecule has 1 aliphatic heterocycles. The second-order valence-electron chi connectivity index (χ2n) is 9.17. The maximum absolute atomic E-state index is 14.7. The Morgan fingerprint density at radius 1 is 1.18 bits per heavy atom. The molecule has 0 bridgehead atoms. The zero-order valence-electron chi connectivity index (χ0n) is 18.3. The van der Waals surface area contributed by atoms with E-state index in [4.69, 9.17) is 20.1 Å². The smallest absolute Gasteiger partial charge is 0.226 e. The van der Waals surface area contributed by atoms with E-state index in [1.165, 1.54) is 6.07 Å².